The van der Waals surface area contributed by atoms with Crippen molar-refractivity contribution < 1.29 is 44.1 Å². The normalized spacial score (nSPS) is 20.3. The number of carbonyl (C=O) groups is 2. The summed E-state index contributed by atoms with van der Waals surface area (Å²) in [6.45, 7) is 2.11. The fourth-order valence-electron chi connectivity index (χ4n) is 6.18. The molecule has 10 nitrogen and oxygen atoms in total. The molecule has 0 aromatic heterocycles. The molecule has 2 aliphatic rings. The molecule has 5 rings (SSSR count). The minimum Gasteiger partial charge on any atom is -0.366 e. The quantitative estimate of drug-likeness (QED) is 0.221. The monoisotopic (exact) mass is 695 g/mol. The van der Waals surface area contributed by atoms with E-state index in [4.69, 9.17) is 16.0 Å². The van der Waals surface area contributed by atoms with Crippen LogP contribution in [0.3, 0.4) is 0 Å². The lowest BCUT2D eigenvalue weighted by atomic mass is 9.82. The third kappa shape index (κ3) is 8.84. The molecule has 2 saturated heterocycles. The Morgan fingerprint density at radius 1 is 0.894 bits per heavy atom. The third-order valence-electron chi connectivity index (χ3n) is 8.69. The number of amides is 1. The number of halogens is 3. The van der Waals surface area contributed by atoms with Crippen molar-refractivity contribution in [2.24, 2.45) is 17.4 Å². The van der Waals surface area contributed by atoms with E-state index in [1.165, 1.54) is 30.3 Å². The van der Waals surface area contributed by atoms with Crippen molar-refractivity contribution in [3.63, 3.8) is 0 Å². The Balaban J connectivity index is 0.000000385. The molecule has 4 atom stereocenters. The van der Waals surface area contributed by atoms with Crippen molar-refractivity contribution in [1.82, 2.24) is 4.90 Å². The summed E-state index contributed by atoms with van der Waals surface area (Å²) in [5.41, 5.74) is 12.5. The lowest BCUT2D eigenvalue weighted by molar-refractivity contribution is -0.112. The molecule has 0 aliphatic carbocycles. The molecule has 5 N–H and O–H groups in total. The standard InChI is InChI=1S/C25H28F3N3O4S.C7H8O3S/c26-20-13-22(28)21(27)11-15(20)12-23(29)16-8-17-4-5-18(9-16)31(17)7-6-24(32)36(34,35)19-3-1-2-14(10-19)25(30)33;1-6-2-4-7(5-3-6)11(8,9)10/h1-3,10-11,13,16-18,23H,4-9,12,29H2,(H2,30,33);2-5H,1H3,(H,8,9,10)/t16?,17-,18+,23-;/m1./s1. The van der Waals surface area contributed by atoms with Gasteiger partial charge in [0.25, 0.3) is 15.2 Å². The van der Waals surface area contributed by atoms with E-state index in [-0.39, 0.29) is 58.3 Å². The van der Waals surface area contributed by atoms with Gasteiger partial charge in [-0.3, -0.25) is 19.0 Å². The maximum atomic E-state index is 14.1. The van der Waals surface area contributed by atoms with Crippen molar-refractivity contribution >= 4 is 31.0 Å². The summed E-state index contributed by atoms with van der Waals surface area (Å²) in [6.07, 6.45) is 2.99. The Morgan fingerprint density at radius 2 is 1.49 bits per heavy atom. The van der Waals surface area contributed by atoms with Gasteiger partial charge in [0, 0.05) is 42.7 Å². The highest BCUT2D eigenvalue weighted by Gasteiger charge is 2.42. The molecule has 1 unspecified atom stereocenters. The molecule has 2 bridgehead atoms. The van der Waals surface area contributed by atoms with Gasteiger partial charge in [0.1, 0.15) is 5.82 Å². The molecule has 1 amide bonds. The molecule has 3 aromatic carbocycles. The van der Waals surface area contributed by atoms with Crippen LogP contribution in [-0.4, -0.2) is 62.0 Å². The van der Waals surface area contributed by atoms with Crippen molar-refractivity contribution in [3.8, 4) is 0 Å². The summed E-state index contributed by atoms with van der Waals surface area (Å²) in [4.78, 5) is 25.8. The highest BCUT2D eigenvalue weighted by Crippen LogP contribution is 2.40. The van der Waals surface area contributed by atoms with E-state index in [1.54, 1.807) is 12.1 Å². The number of nitrogens with two attached hydrogens (primary N) is 2. The van der Waals surface area contributed by atoms with E-state index >= 15 is 0 Å². The number of aryl methyl sites for hydroxylation is 1. The van der Waals surface area contributed by atoms with Crippen LogP contribution in [0.5, 0.6) is 0 Å². The van der Waals surface area contributed by atoms with Gasteiger partial charge in [-0.25, -0.2) is 21.6 Å². The van der Waals surface area contributed by atoms with E-state index in [1.807, 2.05) is 6.92 Å². The van der Waals surface area contributed by atoms with Gasteiger partial charge in [-0.05, 0) is 86.9 Å². The van der Waals surface area contributed by atoms with E-state index < -0.39 is 54.5 Å². The molecule has 0 radical (unpaired) electrons. The SMILES string of the molecule is Cc1ccc(S(=O)(=O)O)cc1.NC(=O)c1cccc(S(=O)(=O)C(=O)CCN2[C@@H]3CC[C@H]2CC([C@H](N)Cc2cc(F)c(F)cc2F)C3)c1. The molecular formula is C32H36F3N3O7S2. The Kier molecular flexibility index (Phi) is 11.3. The largest absolute Gasteiger partial charge is 0.366 e. The maximum Gasteiger partial charge on any atom is 0.294 e. The third-order valence-corrected chi connectivity index (χ3v) is 11.2. The van der Waals surface area contributed by atoms with Crippen LogP contribution in [0.25, 0.3) is 0 Å². The molecule has 3 aromatic rings. The van der Waals surface area contributed by atoms with E-state index in [0.717, 1.165) is 30.5 Å². The highest BCUT2D eigenvalue weighted by atomic mass is 32.2. The van der Waals surface area contributed by atoms with Gasteiger partial charge in [-0.1, -0.05) is 23.8 Å². The first-order valence-electron chi connectivity index (χ1n) is 14.8. The smallest absolute Gasteiger partial charge is 0.294 e. The van der Waals surface area contributed by atoms with Crippen molar-refractivity contribution in [2.45, 2.75) is 73.4 Å². The topological polar surface area (TPSA) is 178 Å². The molecule has 0 spiro atoms. The maximum absolute atomic E-state index is 14.1. The van der Waals surface area contributed by atoms with E-state index in [2.05, 4.69) is 4.90 Å². The van der Waals surface area contributed by atoms with Crippen molar-refractivity contribution in [3.05, 3.63) is 94.8 Å². The molecule has 15 heteroatoms. The van der Waals surface area contributed by atoms with Gasteiger partial charge >= 0.3 is 0 Å². The van der Waals surface area contributed by atoms with Gasteiger partial charge < -0.3 is 11.5 Å². The van der Waals surface area contributed by atoms with E-state index in [0.29, 0.717) is 18.9 Å². The number of carbonyl (C=O) groups excluding carboxylic acids is 2. The van der Waals surface area contributed by atoms with Crippen LogP contribution >= 0.6 is 0 Å². The Labute approximate surface area is 271 Å². The highest BCUT2D eigenvalue weighted by molar-refractivity contribution is 8.06. The predicted octanol–water partition coefficient (Wildman–Crippen LogP) is 3.95. The van der Waals surface area contributed by atoms with Crippen molar-refractivity contribution in [1.29, 1.82) is 0 Å². The van der Waals surface area contributed by atoms with Crippen LogP contribution < -0.4 is 11.5 Å². The van der Waals surface area contributed by atoms with Gasteiger partial charge in [0.2, 0.25) is 15.7 Å². The number of piperidine rings is 1. The molecule has 2 heterocycles. The zero-order valence-electron chi connectivity index (χ0n) is 25.5. The second-order valence-electron chi connectivity index (χ2n) is 11.9. The van der Waals surface area contributed by atoms with Crippen LogP contribution in [-0.2, 0) is 31.2 Å². The number of sulfone groups is 1. The molecule has 2 aliphatic heterocycles. The average Bonchev–Trinajstić information content (AvgIpc) is 3.24. The summed E-state index contributed by atoms with van der Waals surface area (Å²) in [6, 6.07) is 12.2. The molecule has 0 saturated carbocycles. The lowest BCUT2D eigenvalue weighted by Gasteiger charge is -2.41. The van der Waals surface area contributed by atoms with Crippen molar-refractivity contribution in [2.75, 3.05) is 6.54 Å². The lowest BCUT2D eigenvalue weighted by Crippen LogP contribution is -2.48. The molecular weight excluding hydrogens is 659 g/mol. The minimum absolute atomic E-state index is 0.00332. The van der Waals surface area contributed by atoms with Gasteiger partial charge in [-0.15, -0.1) is 0 Å². The zero-order valence-corrected chi connectivity index (χ0v) is 27.1. The first kappa shape index (κ1) is 36.2. The van der Waals surface area contributed by atoms with Crippen LogP contribution in [0.15, 0.2) is 70.5 Å². The average molecular weight is 696 g/mol. The second kappa shape index (κ2) is 14.6. The number of hydrogen-bond donors (Lipinski definition) is 3. The summed E-state index contributed by atoms with van der Waals surface area (Å²) in [5.74, 6) is -3.94. The number of nitrogens with zero attached hydrogens (tertiary/aromatic N) is 1. The van der Waals surface area contributed by atoms with Crippen LogP contribution in [0.1, 0.15) is 53.6 Å². The van der Waals surface area contributed by atoms with Gasteiger partial charge in [0.15, 0.2) is 11.6 Å². The molecule has 2 fully saturated rings. The summed E-state index contributed by atoms with van der Waals surface area (Å²) >= 11 is 0. The summed E-state index contributed by atoms with van der Waals surface area (Å²) in [5, 5.41) is -0.934. The first-order valence-corrected chi connectivity index (χ1v) is 17.8. The number of fused-ring (bicyclic) bond motifs is 2. The molecule has 254 valence electrons. The van der Waals surface area contributed by atoms with Crippen LogP contribution in [0.4, 0.5) is 13.2 Å². The second-order valence-corrected chi connectivity index (χ2v) is 15.2. The van der Waals surface area contributed by atoms with Gasteiger partial charge in [-0.2, -0.15) is 8.42 Å². The zero-order chi connectivity index (χ0) is 34.7. The Bertz CT molecular complexity index is 1840. The fourth-order valence-corrected chi connectivity index (χ4v) is 7.83. The van der Waals surface area contributed by atoms with E-state index in [9.17, 15) is 39.6 Å². The summed E-state index contributed by atoms with van der Waals surface area (Å²) in [7, 11) is -8.29. The molecule has 47 heavy (non-hydrogen) atoms. The first-order chi connectivity index (χ1) is 22.0. The number of hydrogen-bond acceptors (Lipinski definition) is 8. The Morgan fingerprint density at radius 3 is 2.06 bits per heavy atom. The minimum atomic E-state index is -4.27. The predicted molar refractivity (Wildman–Crippen MR) is 167 cm³/mol. The number of benzene rings is 3. The number of primary amides is 1. The number of rotatable bonds is 9. The Hall–Kier alpha value is -3.63. The van der Waals surface area contributed by atoms with Crippen LogP contribution in [0.2, 0.25) is 0 Å². The summed E-state index contributed by atoms with van der Waals surface area (Å²) < 4.78 is 95.9. The van der Waals surface area contributed by atoms with Gasteiger partial charge in [0.05, 0.1) is 9.79 Å². The van der Waals surface area contributed by atoms with Crippen LogP contribution in [0, 0.1) is 30.3 Å². The fraction of sp³-hybridized carbons (Fsp3) is 0.375.